The lowest BCUT2D eigenvalue weighted by molar-refractivity contribution is -0.155. The van der Waals surface area contributed by atoms with Gasteiger partial charge in [-0.1, -0.05) is 81.1 Å². The summed E-state index contributed by atoms with van der Waals surface area (Å²) in [5, 5.41) is 6.72. The molecule has 8 heteroatoms. The van der Waals surface area contributed by atoms with Crippen LogP contribution in [-0.4, -0.2) is 64.6 Å². The van der Waals surface area contributed by atoms with Gasteiger partial charge in [-0.3, -0.25) is 4.79 Å². The number of urea groups is 1. The predicted octanol–water partition coefficient (Wildman–Crippen LogP) is 6.01. The fourth-order valence-electron chi connectivity index (χ4n) is 8.26. The third-order valence-electron chi connectivity index (χ3n) is 11.3. The number of carbonyl (C=O) groups is 3. The highest BCUT2D eigenvalue weighted by atomic mass is 32.2. The normalized spacial score (nSPS) is 35.3. The smallest absolute Gasteiger partial charge is 0.328 e. The van der Waals surface area contributed by atoms with Crippen LogP contribution in [0.5, 0.6) is 0 Å². The number of nitrogens with zero attached hydrogens (tertiary/aromatic N) is 1. The molecule has 0 bridgehead atoms. The van der Waals surface area contributed by atoms with E-state index in [2.05, 4.69) is 66.0 Å². The molecular weight excluding hydrogens is 522 g/mol. The summed E-state index contributed by atoms with van der Waals surface area (Å²) in [4.78, 5) is 43.1. The summed E-state index contributed by atoms with van der Waals surface area (Å²) >= 11 is 1.90. The molecule has 0 aromatic rings. The number of amides is 3. The summed E-state index contributed by atoms with van der Waals surface area (Å²) in [5.41, 5.74) is -0.670. The van der Waals surface area contributed by atoms with Crippen LogP contribution < -0.4 is 10.6 Å². The van der Waals surface area contributed by atoms with Gasteiger partial charge in [-0.15, -0.1) is 0 Å². The topological polar surface area (TPSA) is 87.7 Å². The number of rotatable bonds is 7. The van der Waals surface area contributed by atoms with Crippen LogP contribution in [0.4, 0.5) is 4.79 Å². The van der Waals surface area contributed by atoms with Crippen molar-refractivity contribution in [2.75, 3.05) is 19.4 Å². The first-order valence-electron chi connectivity index (χ1n) is 15.7. The number of hydrogen-bond acceptors (Lipinski definition) is 5. The second-order valence-electron chi connectivity index (χ2n) is 15.3. The minimum Gasteiger partial charge on any atom is -0.467 e. The van der Waals surface area contributed by atoms with Crippen molar-refractivity contribution in [2.24, 2.45) is 34.5 Å². The molecule has 0 radical (unpaired) electrons. The van der Waals surface area contributed by atoms with Gasteiger partial charge in [-0.2, -0.15) is 11.8 Å². The summed E-state index contributed by atoms with van der Waals surface area (Å²) in [6.45, 7) is 18.3. The maximum Gasteiger partial charge on any atom is 0.328 e. The van der Waals surface area contributed by atoms with Crippen LogP contribution in [0.2, 0.25) is 0 Å². The number of hydrogen-bond donors (Lipinski definition) is 2. The maximum absolute atomic E-state index is 14.4. The van der Waals surface area contributed by atoms with Crippen molar-refractivity contribution < 1.29 is 19.1 Å². The summed E-state index contributed by atoms with van der Waals surface area (Å²) in [6.07, 6.45) is 8.36. The van der Waals surface area contributed by atoms with E-state index in [0.717, 1.165) is 50.7 Å². The van der Waals surface area contributed by atoms with Gasteiger partial charge < -0.3 is 20.3 Å². The molecule has 7 atom stereocenters. The SMILES string of the molecule is COC(=O)[C@@H]1[C@@H]2[C@H](CN1C(=O)[C@@H](NC(=O)NC1(CSC(C)(C)C)[C@H](C)CCC[C@@H]1C)C1(C)CCCCC1)C2(C)C. The Morgan fingerprint density at radius 3 is 2.15 bits per heavy atom. The zero-order valence-electron chi connectivity index (χ0n) is 26.5. The largest absolute Gasteiger partial charge is 0.467 e. The fourth-order valence-corrected chi connectivity index (χ4v) is 9.58. The Bertz CT molecular complexity index is 960. The standard InChI is InChI=1S/C32H55N3O4S/c1-20-14-13-15-21(2)32(20,19-40-29(3,4)5)34-28(38)33-25(31(8)16-11-10-12-17-31)26(36)35-18-22-23(30(22,6)7)24(35)27(37)39-9/h20-25H,10-19H2,1-9H3,(H2,33,34,38)/t20-,21+,22-,23-,24-,25+,32?/m0/s1. The monoisotopic (exact) mass is 577 g/mol. The molecule has 1 saturated heterocycles. The summed E-state index contributed by atoms with van der Waals surface area (Å²) < 4.78 is 5.28. The van der Waals surface area contributed by atoms with Gasteiger partial charge in [-0.05, 0) is 54.3 Å². The van der Waals surface area contributed by atoms with Gasteiger partial charge in [0.15, 0.2) is 0 Å². The highest BCUT2D eigenvalue weighted by Crippen LogP contribution is 2.65. The number of carbonyl (C=O) groups excluding carboxylic acids is 3. The molecule has 40 heavy (non-hydrogen) atoms. The Labute approximate surface area is 247 Å². The zero-order chi connectivity index (χ0) is 29.7. The van der Waals surface area contributed by atoms with Gasteiger partial charge in [0.2, 0.25) is 5.91 Å². The van der Waals surface area contributed by atoms with E-state index >= 15 is 0 Å². The zero-order valence-corrected chi connectivity index (χ0v) is 27.3. The Hall–Kier alpha value is -1.44. The third kappa shape index (κ3) is 5.89. The first-order valence-corrected chi connectivity index (χ1v) is 16.7. The van der Waals surface area contributed by atoms with E-state index in [1.807, 2.05) is 11.8 Å². The first-order chi connectivity index (χ1) is 18.6. The lowest BCUT2D eigenvalue weighted by atomic mass is 9.68. The molecule has 7 nitrogen and oxygen atoms in total. The molecule has 3 amide bonds. The molecule has 1 heterocycles. The third-order valence-corrected chi connectivity index (χ3v) is 12.8. The van der Waals surface area contributed by atoms with Gasteiger partial charge in [-0.25, -0.2) is 9.59 Å². The average molecular weight is 578 g/mol. The van der Waals surface area contributed by atoms with Gasteiger partial charge in [0.1, 0.15) is 12.1 Å². The lowest BCUT2D eigenvalue weighted by Gasteiger charge is -2.49. The molecule has 228 valence electrons. The van der Waals surface area contributed by atoms with E-state index in [1.54, 1.807) is 4.90 Å². The van der Waals surface area contributed by atoms with Crippen LogP contribution in [0.1, 0.15) is 107 Å². The molecule has 0 aromatic carbocycles. The highest BCUT2D eigenvalue weighted by molar-refractivity contribution is 8.00. The molecule has 1 aliphatic heterocycles. The van der Waals surface area contributed by atoms with Gasteiger partial charge >= 0.3 is 12.0 Å². The van der Waals surface area contributed by atoms with Crippen LogP contribution in [-0.2, 0) is 14.3 Å². The molecule has 4 fully saturated rings. The number of methoxy groups -OCH3 is 1. The summed E-state index contributed by atoms with van der Waals surface area (Å²) in [7, 11) is 1.40. The van der Waals surface area contributed by atoms with E-state index in [1.165, 1.54) is 13.5 Å². The fraction of sp³-hybridized carbons (Fsp3) is 0.906. The quantitative estimate of drug-likeness (QED) is 0.362. The van der Waals surface area contributed by atoms with Crippen molar-refractivity contribution in [3.8, 4) is 0 Å². The average Bonchev–Trinajstić information content (AvgIpc) is 3.20. The summed E-state index contributed by atoms with van der Waals surface area (Å²) in [6, 6.07) is -1.51. The molecule has 4 aliphatic rings. The van der Waals surface area contributed by atoms with Crippen molar-refractivity contribution in [2.45, 2.75) is 129 Å². The van der Waals surface area contributed by atoms with Crippen LogP contribution in [0.3, 0.4) is 0 Å². The molecule has 4 rings (SSSR count). The molecule has 1 unspecified atom stereocenters. The minimum absolute atomic E-state index is 0.0229. The van der Waals surface area contributed by atoms with Gasteiger partial charge in [0.05, 0.1) is 12.6 Å². The molecule has 3 aliphatic carbocycles. The number of esters is 1. The second-order valence-corrected chi connectivity index (χ2v) is 17.1. The number of piperidine rings is 1. The Morgan fingerprint density at radius 2 is 1.60 bits per heavy atom. The van der Waals surface area contributed by atoms with Crippen molar-refractivity contribution in [1.29, 1.82) is 0 Å². The Kier molecular flexibility index (Phi) is 8.92. The van der Waals surface area contributed by atoms with Crippen molar-refractivity contribution in [3.63, 3.8) is 0 Å². The maximum atomic E-state index is 14.4. The van der Waals surface area contributed by atoms with E-state index in [9.17, 15) is 14.4 Å². The predicted molar refractivity (Wildman–Crippen MR) is 162 cm³/mol. The molecule has 0 spiro atoms. The Balaban J connectivity index is 1.60. The number of likely N-dealkylation sites (tertiary alicyclic amines) is 1. The van der Waals surface area contributed by atoms with Crippen molar-refractivity contribution in [3.05, 3.63) is 0 Å². The second kappa shape index (κ2) is 11.3. The molecule has 0 aromatic heterocycles. The number of fused-ring (bicyclic) bond motifs is 1. The van der Waals surface area contributed by atoms with Crippen LogP contribution >= 0.6 is 11.8 Å². The number of nitrogens with one attached hydrogen (secondary N) is 2. The van der Waals surface area contributed by atoms with Crippen LogP contribution in [0.25, 0.3) is 0 Å². The minimum atomic E-state index is -0.679. The van der Waals surface area contributed by atoms with E-state index < -0.39 is 12.1 Å². The first kappa shape index (κ1) is 31.5. The van der Waals surface area contributed by atoms with E-state index in [-0.39, 0.29) is 50.9 Å². The van der Waals surface area contributed by atoms with Gasteiger partial charge in [0, 0.05) is 23.0 Å². The van der Waals surface area contributed by atoms with Crippen LogP contribution in [0.15, 0.2) is 0 Å². The van der Waals surface area contributed by atoms with Crippen molar-refractivity contribution >= 4 is 29.7 Å². The molecular formula is C32H55N3O4S. The highest BCUT2D eigenvalue weighted by Gasteiger charge is 2.70. The Morgan fingerprint density at radius 1 is 1.00 bits per heavy atom. The van der Waals surface area contributed by atoms with E-state index in [4.69, 9.17) is 4.74 Å². The van der Waals surface area contributed by atoms with E-state index in [0.29, 0.717) is 18.4 Å². The lowest BCUT2D eigenvalue weighted by Crippen LogP contribution is -2.66. The molecule has 2 N–H and O–H groups in total. The summed E-state index contributed by atoms with van der Waals surface area (Å²) in [5.74, 6) is 1.46. The number of thioether (sulfide) groups is 1. The van der Waals surface area contributed by atoms with Crippen LogP contribution in [0, 0.1) is 34.5 Å². The van der Waals surface area contributed by atoms with Crippen molar-refractivity contribution in [1.82, 2.24) is 15.5 Å². The number of ether oxygens (including phenoxy) is 1. The van der Waals surface area contributed by atoms with Gasteiger partial charge in [0.25, 0.3) is 0 Å². The molecule has 3 saturated carbocycles.